The quantitative estimate of drug-likeness (QED) is 0.821. The Balaban J connectivity index is 1.71. The topological polar surface area (TPSA) is 16.1 Å². The molecule has 1 aromatic rings. The molecule has 0 aliphatic heterocycles. The van der Waals surface area contributed by atoms with Crippen molar-refractivity contribution in [1.82, 2.24) is 9.88 Å². The fourth-order valence-corrected chi connectivity index (χ4v) is 4.84. The summed E-state index contributed by atoms with van der Waals surface area (Å²) in [6.07, 6.45) is 9.65. The highest BCUT2D eigenvalue weighted by molar-refractivity contribution is 7.11. The zero-order chi connectivity index (χ0) is 12.5. The summed E-state index contributed by atoms with van der Waals surface area (Å²) in [5.74, 6) is 0.953. The van der Waals surface area contributed by atoms with E-state index >= 15 is 0 Å². The average Bonchev–Trinajstić information content (AvgIpc) is 2.95. The fraction of sp³-hybridized carbons (Fsp3) is 0.800. The van der Waals surface area contributed by atoms with Crippen LogP contribution in [0.3, 0.4) is 0 Å². The van der Waals surface area contributed by atoms with Crippen molar-refractivity contribution < 1.29 is 0 Å². The summed E-state index contributed by atoms with van der Waals surface area (Å²) >= 11 is 1.93. The molecule has 1 atom stereocenters. The van der Waals surface area contributed by atoms with E-state index in [2.05, 4.69) is 18.9 Å². The summed E-state index contributed by atoms with van der Waals surface area (Å²) in [5, 5.41) is 1.25. The molecule has 2 aliphatic rings. The van der Waals surface area contributed by atoms with Gasteiger partial charge in [0.1, 0.15) is 0 Å². The predicted octanol–water partition coefficient (Wildman–Crippen LogP) is 3.95. The Morgan fingerprint density at radius 1 is 1.22 bits per heavy atom. The summed E-state index contributed by atoms with van der Waals surface area (Å²) in [6.45, 7) is 3.44. The molecule has 1 unspecified atom stereocenters. The highest BCUT2D eigenvalue weighted by Gasteiger charge is 2.28. The van der Waals surface area contributed by atoms with Gasteiger partial charge in [0.25, 0.3) is 0 Å². The number of fused-ring (bicyclic) bond motifs is 1. The van der Waals surface area contributed by atoms with Gasteiger partial charge >= 0.3 is 0 Å². The van der Waals surface area contributed by atoms with Crippen LogP contribution in [0, 0.1) is 12.8 Å². The van der Waals surface area contributed by atoms with Crippen molar-refractivity contribution in [3.8, 4) is 0 Å². The van der Waals surface area contributed by atoms with Gasteiger partial charge in [-0.05, 0) is 52.0 Å². The van der Waals surface area contributed by atoms with Crippen LogP contribution in [0.1, 0.15) is 60.1 Å². The molecule has 18 heavy (non-hydrogen) atoms. The van der Waals surface area contributed by atoms with E-state index in [4.69, 9.17) is 4.98 Å². The van der Waals surface area contributed by atoms with Crippen molar-refractivity contribution in [3.05, 3.63) is 15.6 Å². The number of rotatable bonds is 3. The first-order valence-corrected chi connectivity index (χ1v) is 8.22. The average molecular weight is 264 g/mol. The largest absolute Gasteiger partial charge is 0.298 e. The molecule has 2 nitrogen and oxygen atoms in total. The van der Waals surface area contributed by atoms with Gasteiger partial charge in [0.05, 0.1) is 10.7 Å². The first-order valence-electron chi connectivity index (χ1n) is 7.40. The van der Waals surface area contributed by atoms with E-state index in [1.807, 2.05) is 11.3 Å². The summed E-state index contributed by atoms with van der Waals surface area (Å²) in [6, 6.07) is 0.653. The Bertz CT molecular complexity index is 407. The lowest BCUT2D eigenvalue weighted by Crippen LogP contribution is -2.30. The summed E-state index contributed by atoms with van der Waals surface area (Å²) in [7, 11) is 2.33. The smallest absolute Gasteiger partial charge is 0.0900 e. The second-order valence-electron chi connectivity index (χ2n) is 6.04. The Labute approximate surface area is 114 Å². The predicted molar refractivity (Wildman–Crippen MR) is 77.1 cm³/mol. The maximum absolute atomic E-state index is 4.71. The lowest BCUT2D eigenvalue weighted by Gasteiger charge is -2.32. The van der Waals surface area contributed by atoms with Gasteiger partial charge in [0.15, 0.2) is 0 Å². The number of thiazole rings is 1. The van der Waals surface area contributed by atoms with Crippen LogP contribution in [-0.4, -0.2) is 23.5 Å². The number of aromatic nitrogens is 1. The Morgan fingerprint density at radius 2 is 2.00 bits per heavy atom. The minimum absolute atomic E-state index is 0.653. The van der Waals surface area contributed by atoms with Crippen molar-refractivity contribution in [3.63, 3.8) is 0 Å². The lowest BCUT2D eigenvalue weighted by molar-refractivity contribution is 0.192. The molecule has 100 valence electrons. The van der Waals surface area contributed by atoms with Gasteiger partial charge in [-0.15, -0.1) is 11.3 Å². The van der Waals surface area contributed by atoms with E-state index in [0.29, 0.717) is 6.04 Å². The molecule has 0 N–H and O–H groups in total. The molecule has 0 radical (unpaired) electrons. The standard InChI is InChI=1S/C15H24N2S/c1-11-16-13-8-5-9-14(15(13)18-11)17(2)10-12-6-3-4-7-12/h12,14H,3-10H2,1-2H3. The second kappa shape index (κ2) is 5.30. The number of nitrogens with zero attached hydrogens (tertiary/aromatic N) is 2. The van der Waals surface area contributed by atoms with Crippen molar-refractivity contribution in [2.45, 2.75) is 57.9 Å². The van der Waals surface area contributed by atoms with Gasteiger partial charge in [-0.2, -0.15) is 0 Å². The molecule has 1 aromatic heterocycles. The van der Waals surface area contributed by atoms with E-state index in [1.54, 1.807) is 4.88 Å². The molecule has 3 heteroatoms. The number of aryl methyl sites for hydroxylation is 2. The Kier molecular flexibility index (Phi) is 3.71. The molecule has 1 saturated carbocycles. The van der Waals surface area contributed by atoms with E-state index in [0.717, 1.165) is 5.92 Å². The molecule has 0 amide bonds. The van der Waals surface area contributed by atoms with E-state index in [-0.39, 0.29) is 0 Å². The van der Waals surface area contributed by atoms with E-state index in [9.17, 15) is 0 Å². The molecule has 1 fully saturated rings. The first-order chi connectivity index (χ1) is 8.74. The third kappa shape index (κ3) is 2.48. The van der Waals surface area contributed by atoms with Crippen LogP contribution in [0.25, 0.3) is 0 Å². The maximum Gasteiger partial charge on any atom is 0.0900 e. The molecular weight excluding hydrogens is 240 g/mol. The molecule has 0 aromatic carbocycles. The van der Waals surface area contributed by atoms with Crippen LogP contribution >= 0.6 is 11.3 Å². The highest BCUT2D eigenvalue weighted by Crippen LogP contribution is 2.38. The second-order valence-corrected chi connectivity index (χ2v) is 7.28. The van der Waals surface area contributed by atoms with Crippen LogP contribution in [0.15, 0.2) is 0 Å². The van der Waals surface area contributed by atoms with Gasteiger partial charge in [0, 0.05) is 17.5 Å². The van der Waals surface area contributed by atoms with Crippen LogP contribution in [0.5, 0.6) is 0 Å². The first kappa shape index (κ1) is 12.6. The molecule has 0 spiro atoms. The van der Waals surface area contributed by atoms with Gasteiger partial charge < -0.3 is 0 Å². The zero-order valence-corrected chi connectivity index (χ0v) is 12.4. The van der Waals surface area contributed by atoms with Crippen molar-refractivity contribution in [2.75, 3.05) is 13.6 Å². The zero-order valence-electron chi connectivity index (χ0n) is 11.6. The molecule has 0 bridgehead atoms. The van der Waals surface area contributed by atoms with Crippen LogP contribution in [0.4, 0.5) is 0 Å². The van der Waals surface area contributed by atoms with Crippen LogP contribution in [-0.2, 0) is 6.42 Å². The molecule has 0 saturated heterocycles. The monoisotopic (exact) mass is 264 g/mol. The minimum Gasteiger partial charge on any atom is -0.298 e. The molecular formula is C15H24N2S. The third-order valence-electron chi connectivity index (χ3n) is 4.58. The number of hydrogen-bond donors (Lipinski definition) is 0. The van der Waals surface area contributed by atoms with Crippen molar-refractivity contribution >= 4 is 11.3 Å². The third-order valence-corrected chi connectivity index (χ3v) is 5.70. The van der Waals surface area contributed by atoms with Gasteiger partial charge in [-0.3, -0.25) is 4.90 Å². The van der Waals surface area contributed by atoms with Gasteiger partial charge in [-0.25, -0.2) is 4.98 Å². The van der Waals surface area contributed by atoms with Gasteiger partial charge in [-0.1, -0.05) is 12.8 Å². The molecule has 2 aliphatic carbocycles. The Morgan fingerprint density at radius 3 is 2.78 bits per heavy atom. The Hall–Kier alpha value is -0.410. The minimum atomic E-state index is 0.653. The SMILES string of the molecule is Cc1nc2c(s1)C(N(C)CC1CCCC1)CCC2. The highest BCUT2D eigenvalue weighted by atomic mass is 32.1. The van der Waals surface area contributed by atoms with E-state index in [1.165, 1.54) is 62.2 Å². The lowest BCUT2D eigenvalue weighted by atomic mass is 9.96. The summed E-state index contributed by atoms with van der Waals surface area (Å²) < 4.78 is 0. The molecule has 3 rings (SSSR count). The van der Waals surface area contributed by atoms with Crippen LogP contribution < -0.4 is 0 Å². The van der Waals surface area contributed by atoms with Crippen molar-refractivity contribution in [2.24, 2.45) is 5.92 Å². The van der Waals surface area contributed by atoms with Crippen LogP contribution in [0.2, 0.25) is 0 Å². The summed E-state index contributed by atoms with van der Waals surface area (Å²) in [5.41, 5.74) is 1.40. The maximum atomic E-state index is 4.71. The fourth-order valence-electron chi connectivity index (χ4n) is 3.67. The summed E-state index contributed by atoms with van der Waals surface area (Å²) in [4.78, 5) is 8.89. The molecule has 1 heterocycles. The van der Waals surface area contributed by atoms with Gasteiger partial charge in [0.2, 0.25) is 0 Å². The van der Waals surface area contributed by atoms with E-state index < -0.39 is 0 Å². The number of hydrogen-bond acceptors (Lipinski definition) is 3. The van der Waals surface area contributed by atoms with Crippen molar-refractivity contribution in [1.29, 1.82) is 0 Å². The normalized spacial score (nSPS) is 24.7.